The molecule has 0 N–H and O–H groups in total. The van der Waals surface area contributed by atoms with Gasteiger partial charge in [-0.25, -0.2) is 13.2 Å². The van der Waals surface area contributed by atoms with Crippen molar-refractivity contribution < 1.29 is 35.9 Å². The van der Waals surface area contributed by atoms with Crippen molar-refractivity contribution in [3.63, 3.8) is 0 Å². The molecule has 2 heterocycles. The molecule has 1 unspecified atom stereocenters. The Labute approximate surface area is 153 Å². The molecule has 0 saturated carbocycles. The van der Waals surface area contributed by atoms with Gasteiger partial charge < -0.3 is 9.36 Å². The van der Waals surface area contributed by atoms with Gasteiger partial charge in [0.15, 0.2) is 17.4 Å². The van der Waals surface area contributed by atoms with E-state index in [1.165, 1.54) is 4.90 Å². The molecule has 150 valence electrons. The maximum Gasteiger partial charge on any atom is 0.451 e. The van der Waals surface area contributed by atoms with E-state index in [1.54, 1.807) is 0 Å². The third kappa shape index (κ3) is 3.63. The van der Waals surface area contributed by atoms with Gasteiger partial charge in [0.2, 0.25) is 5.82 Å². The summed E-state index contributed by atoms with van der Waals surface area (Å²) >= 11 is 0. The second-order valence-electron chi connectivity index (χ2n) is 6.09. The Kier molecular flexibility index (Phi) is 5.24. The number of nitrogens with zero attached hydrogens (tertiary/aromatic N) is 4. The van der Waals surface area contributed by atoms with Crippen LogP contribution in [0.5, 0.6) is 0 Å². The molecular formula is C16H12F6N4O2. The van der Waals surface area contributed by atoms with Crippen molar-refractivity contribution in [2.75, 3.05) is 6.54 Å². The van der Waals surface area contributed by atoms with E-state index in [2.05, 4.69) is 10.2 Å². The zero-order chi connectivity index (χ0) is 20.6. The van der Waals surface area contributed by atoms with E-state index >= 15 is 0 Å². The Morgan fingerprint density at radius 1 is 1.11 bits per heavy atom. The highest BCUT2D eigenvalue weighted by molar-refractivity contribution is 5.94. The van der Waals surface area contributed by atoms with Crippen LogP contribution >= 0.6 is 0 Å². The van der Waals surface area contributed by atoms with E-state index in [4.69, 9.17) is 0 Å². The van der Waals surface area contributed by atoms with E-state index in [1.807, 2.05) is 0 Å². The normalized spacial score (nSPS) is 15.9. The number of hydrogen-bond donors (Lipinski definition) is 0. The predicted molar refractivity (Wildman–Crippen MR) is 80.2 cm³/mol. The molecule has 0 bridgehead atoms. The lowest BCUT2D eigenvalue weighted by Gasteiger charge is -2.34. The van der Waals surface area contributed by atoms with Crippen molar-refractivity contribution in [3.05, 3.63) is 46.8 Å². The molecule has 2 aromatic rings. The molecule has 3 rings (SSSR count). The Hall–Kier alpha value is -2.76. The molecule has 6 nitrogen and oxygen atoms in total. The van der Waals surface area contributed by atoms with Crippen molar-refractivity contribution in [1.82, 2.24) is 19.7 Å². The van der Waals surface area contributed by atoms with Gasteiger partial charge in [0.05, 0.1) is 19.0 Å². The number of carbonyl (C=O) groups excluding carboxylic acids is 2. The first-order chi connectivity index (χ1) is 13.1. The smallest absolute Gasteiger partial charge is 0.305 e. The molecule has 1 aromatic carbocycles. The average Bonchev–Trinajstić information content (AvgIpc) is 3.03. The van der Waals surface area contributed by atoms with E-state index in [0.717, 1.165) is 4.57 Å². The van der Waals surface area contributed by atoms with Gasteiger partial charge in [0, 0.05) is 24.7 Å². The number of benzene rings is 1. The Bertz CT molecular complexity index is 927. The third-order valence-corrected chi connectivity index (χ3v) is 4.33. The molecule has 0 saturated heterocycles. The minimum absolute atomic E-state index is 0.134. The molecule has 12 heteroatoms. The van der Waals surface area contributed by atoms with Crippen LogP contribution in [0.2, 0.25) is 0 Å². The fourth-order valence-electron chi connectivity index (χ4n) is 3.12. The minimum Gasteiger partial charge on any atom is -0.305 e. The molecule has 0 fully saturated rings. The number of carbonyl (C=O) groups is 2. The molecule has 0 amide bonds. The number of hydrogen-bond acceptors (Lipinski definition) is 5. The summed E-state index contributed by atoms with van der Waals surface area (Å²) in [6.07, 6.45) is -5.10. The lowest BCUT2D eigenvalue weighted by atomic mass is 9.97. The first-order valence-corrected chi connectivity index (χ1v) is 7.97. The number of fused-ring (bicyclic) bond motifs is 1. The summed E-state index contributed by atoms with van der Waals surface area (Å²) in [5.41, 5.74) is -0.519. The maximum absolute atomic E-state index is 14.2. The predicted octanol–water partition coefficient (Wildman–Crippen LogP) is 2.43. The van der Waals surface area contributed by atoms with Gasteiger partial charge >= 0.3 is 6.18 Å². The Balaban J connectivity index is 1.99. The van der Waals surface area contributed by atoms with Crippen molar-refractivity contribution in [1.29, 1.82) is 0 Å². The van der Waals surface area contributed by atoms with Crippen LogP contribution in [0.25, 0.3) is 0 Å². The Morgan fingerprint density at radius 3 is 2.43 bits per heavy atom. The van der Waals surface area contributed by atoms with Crippen LogP contribution in [0.15, 0.2) is 12.1 Å². The average molecular weight is 406 g/mol. The van der Waals surface area contributed by atoms with E-state index in [0.29, 0.717) is 6.07 Å². The third-order valence-electron chi connectivity index (χ3n) is 4.33. The van der Waals surface area contributed by atoms with Gasteiger partial charge in [-0.3, -0.25) is 9.69 Å². The summed E-state index contributed by atoms with van der Waals surface area (Å²) in [5.74, 6) is -6.24. The van der Waals surface area contributed by atoms with Crippen LogP contribution in [0.1, 0.15) is 29.7 Å². The molecule has 28 heavy (non-hydrogen) atoms. The highest BCUT2D eigenvalue weighted by Gasteiger charge is 2.41. The SMILES string of the molecule is O=CCC(=O)C(c1cc(F)c(F)cc1F)N1CCn2c(nnc2C(F)(F)F)C1. The zero-order valence-electron chi connectivity index (χ0n) is 14.0. The topological polar surface area (TPSA) is 68.1 Å². The summed E-state index contributed by atoms with van der Waals surface area (Å²) in [5, 5.41) is 6.55. The second kappa shape index (κ2) is 7.34. The van der Waals surface area contributed by atoms with Gasteiger partial charge in [-0.15, -0.1) is 10.2 Å². The lowest BCUT2D eigenvalue weighted by molar-refractivity contribution is -0.148. The minimum atomic E-state index is -4.73. The second-order valence-corrected chi connectivity index (χ2v) is 6.09. The molecular weight excluding hydrogens is 394 g/mol. The number of aromatic nitrogens is 3. The van der Waals surface area contributed by atoms with Crippen LogP contribution in [0.4, 0.5) is 26.3 Å². The molecule has 0 spiro atoms. The monoisotopic (exact) mass is 406 g/mol. The number of halogens is 6. The summed E-state index contributed by atoms with van der Waals surface area (Å²) < 4.78 is 80.7. The highest BCUT2D eigenvalue weighted by atomic mass is 19.4. The lowest BCUT2D eigenvalue weighted by Crippen LogP contribution is -2.41. The van der Waals surface area contributed by atoms with Gasteiger partial charge in [-0.2, -0.15) is 13.2 Å². The van der Waals surface area contributed by atoms with E-state index in [9.17, 15) is 35.9 Å². The van der Waals surface area contributed by atoms with E-state index in [-0.39, 0.29) is 37.8 Å². The summed E-state index contributed by atoms with van der Waals surface area (Å²) in [7, 11) is 0. The number of aldehydes is 1. The van der Waals surface area contributed by atoms with Crippen LogP contribution in [0, 0.1) is 17.5 Å². The van der Waals surface area contributed by atoms with Gasteiger partial charge in [-0.05, 0) is 6.07 Å². The fraction of sp³-hybridized carbons (Fsp3) is 0.375. The van der Waals surface area contributed by atoms with Gasteiger partial charge in [0.1, 0.15) is 17.9 Å². The standard InChI is InChI=1S/C16H12F6N4O2/c17-9-6-11(19)10(18)5-8(9)14(12(28)1-4-27)25-2-3-26-13(7-25)23-24-15(26)16(20,21)22/h4-6,14H,1-3,7H2. The first kappa shape index (κ1) is 20.0. The highest BCUT2D eigenvalue weighted by Crippen LogP contribution is 2.33. The molecule has 0 aliphatic carbocycles. The number of Topliss-reactive ketones (excluding diaryl/α,β-unsaturated/α-hetero) is 1. The maximum atomic E-state index is 14.2. The molecule has 1 atom stereocenters. The molecule has 1 aromatic heterocycles. The van der Waals surface area contributed by atoms with Gasteiger partial charge in [-0.1, -0.05) is 0 Å². The van der Waals surface area contributed by atoms with Crippen LogP contribution < -0.4 is 0 Å². The molecule has 0 radical (unpaired) electrons. The summed E-state index contributed by atoms with van der Waals surface area (Å²) in [6.45, 7) is -0.772. The van der Waals surface area contributed by atoms with Crippen LogP contribution in [-0.4, -0.2) is 38.3 Å². The zero-order valence-corrected chi connectivity index (χ0v) is 14.0. The number of rotatable bonds is 5. The summed E-state index contributed by atoms with van der Waals surface area (Å²) in [4.78, 5) is 24.4. The quantitative estimate of drug-likeness (QED) is 0.330. The van der Waals surface area contributed by atoms with E-state index < -0.39 is 53.3 Å². The van der Waals surface area contributed by atoms with Gasteiger partial charge in [0.25, 0.3) is 0 Å². The van der Waals surface area contributed by atoms with Crippen molar-refractivity contribution in [2.45, 2.75) is 31.7 Å². The fourth-order valence-corrected chi connectivity index (χ4v) is 3.12. The molecule has 1 aliphatic heterocycles. The van der Waals surface area contributed by atoms with Crippen molar-refractivity contribution in [2.24, 2.45) is 0 Å². The van der Waals surface area contributed by atoms with Crippen LogP contribution in [0.3, 0.4) is 0 Å². The summed E-state index contributed by atoms with van der Waals surface area (Å²) in [6, 6.07) is -0.737. The Morgan fingerprint density at radius 2 is 1.79 bits per heavy atom. The number of ketones is 1. The number of alkyl halides is 3. The van der Waals surface area contributed by atoms with Crippen molar-refractivity contribution >= 4 is 12.1 Å². The van der Waals surface area contributed by atoms with Crippen molar-refractivity contribution in [3.8, 4) is 0 Å². The molecule has 1 aliphatic rings. The van der Waals surface area contributed by atoms with Crippen LogP contribution in [-0.2, 0) is 28.9 Å². The first-order valence-electron chi connectivity index (χ1n) is 7.97. The largest absolute Gasteiger partial charge is 0.451 e.